The zero-order chi connectivity index (χ0) is 14.1. The van der Waals surface area contributed by atoms with Crippen molar-refractivity contribution in [1.29, 1.82) is 0 Å². The van der Waals surface area contributed by atoms with Crippen molar-refractivity contribution in [1.82, 2.24) is 14.6 Å². The SMILES string of the molecule is CC(C)c1cc2c(NCc3ccc(Br)s3)nccn2n1. The van der Waals surface area contributed by atoms with Crippen LogP contribution in [-0.2, 0) is 6.54 Å². The summed E-state index contributed by atoms with van der Waals surface area (Å²) in [5.41, 5.74) is 2.10. The van der Waals surface area contributed by atoms with Gasteiger partial charge >= 0.3 is 0 Å². The normalized spacial score (nSPS) is 11.4. The van der Waals surface area contributed by atoms with Gasteiger partial charge < -0.3 is 5.32 Å². The summed E-state index contributed by atoms with van der Waals surface area (Å²) >= 11 is 5.20. The molecule has 0 aliphatic rings. The lowest BCUT2D eigenvalue weighted by molar-refractivity contribution is 0.787. The number of halogens is 1. The van der Waals surface area contributed by atoms with Gasteiger partial charge in [-0.25, -0.2) is 9.50 Å². The number of rotatable bonds is 4. The van der Waals surface area contributed by atoms with Gasteiger partial charge in [0.05, 0.1) is 16.0 Å². The van der Waals surface area contributed by atoms with Crippen LogP contribution in [0.1, 0.15) is 30.3 Å². The van der Waals surface area contributed by atoms with E-state index in [1.807, 2.05) is 10.7 Å². The third-order valence-electron chi connectivity index (χ3n) is 3.06. The molecule has 6 heteroatoms. The Morgan fingerprint density at radius 2 is 2.25 bits per heavy atom. The van der Waals surface area contributed by atoms with E-state index in [4.69, 9.17) is 0 Å². The van der Waals surface area contributed by atoms with Gasteiger partial charge in [0.1, 0.15) is 5.52 Å². The number of aromatic nitrogens is 3. The first-order valence-electron chi connectivity index (χ1n) is 6.46. The Bertz CT molecular complexity index is 732. The summed E-state index contributed by atoms with van der Waals surface area (Å²) in [6, 6.07) is 6.27. The molecule has 0 aromatic carbocycles. The van der Waals surface area contributed by atoms with Crippen LogP contribution >= 0.6 is 27.3 Å². The fourth-order valence-electron chi connectivity index (χ4n) is 1.98. The molecule has 3 rings (SSSR count). The molecule has 0 spiro atoms. The molecule has 104 valence electrons. The molecule has 0 saturated carbocycles. The van der Waals surface area contributed by atoms with Crippen molar-refractivity contribution in [2.75, 3.05) is 5.32 Å². The van der Waals surface area contributed by atoms with Crippen molar-refractivity contribution < 1.29 is 0 Å². The minimum atomic E-state index is 0.413. The third kappa shape index (κ3) is 2.71. The van der Waals surface area contributed by atoms with Crippen molar-refractivity contribution >= 4 is 38.6 Å². The minimum absolute atomic E-state index is 0.413. The Morgan fingerprint density at radius 1 is 1.40 bits per heavy atom. The molecule has 0 aliphatic heterocycles. The molecule has 0 radical (unpaired) electrons. The topological polar surface area (TPSA) is 42.2 Å². The summed E-state index contributed by atoms with van der Waals surface area (Å²) < 4.78 is 3.03. The predicted octanol–water partition coefficient (Wildman–Crippen LogP) is 4.29. The average molecular weight is 351 g/mol. The van der Waals surface area contributed by atoms with E-state index in [1.165, 1.54) is 4.88 Å². The molecular weight excluding hydrogens is 336 g/mol. The van der Waals surface area contributed by atoms with Crippen LogP contribution in [0.2, 0.25) is 0 Å². The van der Waals surface area contributed by atoms with Crippen LogP contribution in [0.4, 0.5) is 5.82 Å². The molecule has 0 aliphatic carbocycles. The highest BCUT2D eigenvalue weighted by Gasteiger charge is 2.09. The number of hydrogen-bond donors (Lipinski definition) is 1. The molecule has 0 fully saturated rings. The lowest BCUT2D eigenvalue weighted by Crippen LogP contribution is -2.02. The first-order valence-corrected chi connectivity index (χ1v) is 8.07. The van der Waals surface area contributed by atoms with E-state index >= 15 is 0 Å². The van der Waals surface area contributed by atoms with Crippen LogP contribution < -0.4 is 5.32 Å². The fraction of sp³-hybridized carbons (Fsp3) is 0.286. The lowest BCUT2D eigenvalue weighted by atomic mass is 10.1. The number of nitrogens with zero attached hydrogens (tertiary/aromatic N) is 3. The van der Waals surface area contributed by atoms with E-state index in [0.29, 0.717) is 5.92 Å². The second-order valence-electron chi connectivity index (χ2n) is 4.89. The van der Waals surface area contributed by atoms with E-state index in [-0.39, 0.29) is 0 Å². The molecule has 0 atom stereocenters. The van der Waals surface area contributed by atoms with Crippen LogP contribution in [0.25, 0.3) is 5.52 Å². The first kappa shape index (κ1) is 13.6. The standard InChI is InChI=1S/C14H15BrN4S/c1-9(2)11-7-12-14(16-5-6-19(12)18-11)17-8-10-3-4-13(15)20-10/h3-7,9H,8H2,1-2H3,(H,16,17). The van der Waals surface area contributed by atoms with Crippen LogP contribution in [0.15, 0.2) is 34.4 Å². The zero-order valence-electron chi connectivity index (χ0n) is 11.3. The maximum absolute atomic E-state index is 4.56. The summed E-state index contributed by atoms with van der Waals surface area (Å²) in [6.07, 6.45) is 3.66. The highest BCUT2D eigenvalue weighted by molar-refractivity contribution is 9.11. The number of hydrogen-bond acceptors (Lipinski definition) is 4. The van der Waals surface area contributed by atoms with Crippen LogP contribution in [0.3, 0.4) is 0 Å². The number of fused-ring (bicyclic) bond motifs is 1. The van der Waals surface area contributed by atoms with Crippen LogP contribution in [0.5, 0.6) is 0 Å². The van der Waals surface area contributed by atoms with Gasteiger partial charge in [-0.05, 0) is 40.0 Å². The Morgan fingerprint density at radius 3 is 2.95 bits per heavy atom. The summed E-state index contributed by atoms with van der Waals surface area (Å²) in [7, 11) is 0. The number of anilines is 1. The second-order valence-corrected chi connectivity index (χ2v) is 7.44. The molecule has 3 aromatic rings. The highest BCUT2D eigenvalue weighted by atomic mass is 79.9. The van der Waals surface area contributed by atoms with E-state index in [1.54, 1.807) is 17.5 Å². The van der Waals surface area contributed by atoms with Gasteiger partial charge in [0, 0.05) is 17.3 Å². The smallest absolute Gasteiger partial charge is 0.152 e. The quantitative estimate of drug-likeness (QED) is 0.763. The van der Waals surface area contributed by atoms with Crippen molar-refractivity contribution in [3.63, 3.8) is 0 Å². The van der Waals surface area contributed by atoms with Gasteiger partial charge in [-0.2, -0.15) is 5.10 Å². The summed E-state index contributed by atoms with van der Waals surface area (Å²) in [5.74, 6) is 1.28. The summed E-state index contributed by atoms with van der Waals surface area (Å²) in [5, 5.41) is 7.95. The van der Waals surface area contributed by atoms with Crippen molar-refractivity contribution in [2.45, 2.75) is 26.3 Å². The fourth-order valence-corrected chi connectivity index (χ4v) is 3.40. The molecule has 3 aromatic heterocycles. The Hall–Kier alpha value is -1.40. The maximum Gasteiger partial charge on any atom is 0.152 e. The van der Waals surface area contributed by atoms with E-state index in [2.05, 4.69) is 63.4 Å². The van der Waals surface area contributed by atoms with Crippen LogP contribution in [0, 0.1) is 0 Å². The lowest BCUT2D eigenvalue weighted by Gasteiger charge is -2.05. The molecule has 20 heavy (non-hydrogen) atoms. The summed E-state index contributed by atoms with van der Waals surface area (Å²) in [4.78, 5) is 5.69. The van der Waals surface area contributed by atoms with Gasteiger partial charge in [-0.15, -0.1) is 11.3 Å². The van der Waals surface area contributed by atoms with Gasteiger partial charge in [0.15, 0.2) is 5.82 Å². The molecule has 0 bridgehead atoms. The monoisotopic (exact) mass is 350 g/mol. The van der Waals surface area contributed by atoms with Crippen LogP contribution in [-0.4, -0.2) is 14.6 Å². The van der Waals surface area contributed by atoms with E-state index < -0.39 is 0 Å². The summed E-state index contributed by atoms with van der Waals surface area (Å²) in [6.45, 7) is 5.06. The molecule has 3 heterocycles. The van der Waals surface area contributed by atoms with E-state index in [0.717, 1.165) is 27.4 Å². The minimum Gasteiger partial charge on any atom is -0.363 e. The molecule has 0 unspecified atom stereocenters. The van der Waals surface area contributed by atoms with Gasteiger partial charge in [-0.3, -0.25) is 0 Å². The van der Waals surface area contributed by atoms with Crippen molar-refractivity contribution in [3.8, 4) is 0 Å². The maximum atomic E-state index is 4.56. The first-order chi connectivity index (χ1) is 9.63. The van der Waals surface area contributed by atoms with Crippen molar-refractivity contribution in [3.05, 3.63) is 45.0 Å². The second kappa shape index (κ2) is 5.54. The Kier molecular flexibility index (Phi) is 3.76. The Labute approximate surface area is 130 Å². The van der Waals surface area contributed by atoms with Gasteiger partial charge in [0.2, 0.25) is 0 Å². The van der Waals surface area contributed by atoms with Crippen molar-refractivity contribution in [2.24, 2.45) is 0 Å². The van der Waals surface area contributed by atoms with Gasteiger partial charge in [0.25, 0.3) is 0 Å². The number of nitrogens with one attached hydrogen (secondary N) is 1. The zero-order valence-corrected chi connectivity index (χ0v) is 13.7. The van der Waals surface area contributed by atoms with E-state index in [9.17, 15) is 0 Å². The number of thiophene rings is 1. The van der Waals surface area contributed by atoms with Gasteiger partial charge in [-0.1, -0.05) is 13.8 Å². The highest BCUT2D eigenvalue weighted by Crippen LogP contribution is 2.24. The predicted molar refractivity (Wildman–Crippen MR) is 86.4 cm³/mol. The molecule has 4 nitrogen and oxygen atoms in total. The molecule has 0 amide bonds. The Balaban J connectivity index is 1.87. The molecule has 0 saturated heterocycles. The largest absolute Gasteiger partial charge is 0.363 e. The molecule has 1 N–H and O–H groups in total. The third-order valence-corrected chi connectivity index (χ3v) is 4.68. The average Bonchev–Trinajstić information content (AvgIpc) is 3.02. The molecular formula is C14H15BrN4S.